The highest BCUT2D eigenvalue weighted by molar-refractivity contribution is 9.10. The van der Waals surface area contributed by atoms with E-state index in [-0.39, 0.29) is 6.04 Å². The predicted molar refractivity (Wildman–Crippen MR) is 70.2 cm³/mol. The number of ether oxygens (including phenoxy) is 1. The molecule has 0 spiro atoms. The lowest BCUT2D eigenvalue weighted by atomic mass is 9.92. The van der Waals surface area contributed by atoms with Crippen molar-refractivity contribution in [1.82, 2.24) is 5.43 Å². The summed E-state index contributed by atoms with van der Waals surface area (Å²) in [5.74, 6) is 6.37. The summed E-state index contributed by atoms with van der Waals surface area (Å²) in [5.41, 5.74) is 2.93. The Bertz CT molecular complexity index is 326. The molecular formula is C11H17BrN2OS. The van der Waals surface area contributed by atoms with E-state index in [1.54, 1.807) is 11.3 Å². The highest BCUT2D eigenvalue weighted by atomic mass is 79.9. The van der Waals surface area contributed by atoms with Crippen LogP contribution in [0.25, 0.3) is 0 Å². The molecule has 1 fully saturated rings. The maximum atomic E-state index is 5.64. The van der Waals surface area contributed by atoms with E-state index >= 15 is 0 Å². The van der Waals surface area contributed by atoms with Gasteiger partial charge in [-0.25, -0.2) is 0 Å². The first-order chi connectivity index (χ1) is 7.79. The van der Waals surface area contributed by atoms with Crippen LogP contribution in [-0.2, 0) is 4.74 Å². The Balaban J connectivity index is 1.94. The van der Waals surface area contributed by atoms with Gasteiger partial charge in [0, 0.05) is 27.9 Å². The number of hydrogen-bond donors (Lipinski definition) is 2. The van der Waals surface area contributed by atoms with Crippen molar-refractivity contribution in [3.63, 3.8) is 0 Å². The predicted octanol–water partition coefficient (Wildman–Crippen LogP) is 2.83. The van der Waals surface area contributed by atoms with E-state index in [4.69, 9.17) is 10.6 Å². The van der Waals surface area contributed by atoms with Crippen LogP contribution in [0, 0.1) is 5.92 Å². The van der Waals surface area contributed by atoms with Crippen LogP contribution < -0.4 is 11.3 Å². The van der Waals surface area contributed by atoms with Crippen molar-refractivity contribution in [3.05, 3.63) is 20.8 Å². The van der Waals surface area contributed by atoms with Crippen LogP contribution in [-0.4, -0.2) is 13.2 Å². The number of nitrogens with one attached hydrogen (secondary N) is 1. The summed E-state index contributed by atoms with van der Waals surface area (Å²) in [6, 6.07) is 2.42. The van der Waals surface area contributed by atoms with Crippen LogP contribution in [0.2, 0.25) is 0 Å². The molecule has 16 heavy (non-hydrogen) atoms. The minimum atomic E-state index is 0.277. The van der Waals surface area contributed by atoms with E-state index in [2.05, 4.69) is 32.8 Å². The zero-order valence-electron chi connectivity index (χ0n) is 9.12. The molecule has 0 saturated carbocycles. The van der Waals surface area contributed by atoms with E-state index in [9.17, 15) is 0 Å². The van der Waals surface area contributed by atoms with Gasteiger partial charge in [-0.15, -0.1) is 11.3 Å². The maximum absolute atomic E-state index is 5.64. The van der Waals surface area contributed by atoms with Gasteiger partial charge in [-0.2, -0.15) is 0 Å². The lowest BCUT2D eigenvalue weighted by Gasteiger charge is -2.25. The van der Waals surface area contributed by atoms with E-state index in [0.717, 1.165) is 42.9 Å². The molecular weight excluding hydrogens is 288 g/mol. The van der Waals surface area contributed by atoms with E-state index in [0.29, 0.717) is 0 Å². The van der Waals surface area contributed by atoms with Crippen molar-refractivity contribution in [2.75, 3.05) is 13.2 Å². The molecule has 0 aliphatic carbocycles. The van der Waals surface area contributed by atoms with Gasteiger partial charge >= 0.3 is 0 Å². The summed E-state index contributed by atoms with van der Waals surface area (Å²) in [6.45, 7) is 1.80. The Labute approximate surface area is 108 Å². The third kappa shape index (κ3) is 3.28. The zero-order valence-corrected chi connectivity index (χ0v) is 11.5. The molecule has 3 N–H and O–H groups in total. The topological polar surface area (TPSA) is 47.3 Å². The summed E-state index contributed by atoms with van der Waals surface area (Å²) in [7, 11) is 0. The van der Waals surface area contributed by atoms with Crippen molar-refractivity contribution in [2.45, 2.75) is 25.3 Å². The molecule has 5 heteroatoms. The first-order valence-corrected chi connectivity index (χ1v) is 7.24. The van der Waals surface area contributed by atoms with Gasteiger partial charge in [0.05, 0.1) is 6.04 Å². The van der Waals surface area contributed by atoms with Crippen molar-refractivity contribution in [1.29, 1.82) is 0 Å². The van der Waals surface area contributed by atoms with Gasteiger partial charge in [-0.3, -0.25) is 11.3 Å². The van der Waals surface area contributed by atoms with Crippen LogP contribution >= 0.6 is 27.3 Å². The summed E-state index contributed by atoms with van der Waals surface area (Å²) >= 11 is 5.23. The van der Waals surface area contributed by atoms with Crippen molar-refractivity contribution in [3.8, 4) is 0 Å². The fourth-order valence-corrected chi connectivity index (χ4v) is 3.61. The van der Waals surface area contributed by atoms with Crippen molar-refractivity contribution >= 4 is 27.3 Å². The van der Waals surface area contributed by atoms with Crippen molar-refractivity contribution < 1.29 is 4.74 Å². The van der Waals surface area contributed by atoms with Gasteiger partial charge in [0.1, 0.15) is 0 Å². The normalized spacial score (nSPS) is 19.9. The molecule has 0 aromatic carbocycles. The first-order valence-electron chi connectivity index (χ1n) is 5.57. The maximum Gasteiger partial charge on any atom is 0.0556 e. The second-order valence-corrected chi connectivity index (χ2v) is 6.04. The molecule has 0 amide bonds. The van der Waals surface area contributed by atoms with Gasteiger partial charge in [0.2, 0.25) is 0 Å². The molecule has 1 aromatic heterocycles. The Kier molecular flexibility index (Phi) is 4.79. The number of hydrazine groups is 1. The smallest absolute Gasteiger partial charge is 0.0556 e. The van der Waals surface area contributed by atoms with Crippen molar-refractivity contribution in [2.24, 2.45) is 11.8 Å². The first kappa shape index (κ1) is 12.5. The highest BCUT2D eigenvalue weighted by Crippen LogP contribution is 2.31. The van der Waals surface area contributed by atoms with Crippen LogP contribution in [0.5, 0.6) is 0 Å². The van der Waals surface area contributed by atoms with Gasteiger partial charge in [-0.05, 0) is 47.2 Å². The minimum Gasteiger partial charge on any atom is -0.381 e. The lowest BCUT2D eigenvalue weighted by molar-refractivity contribution is 0.0606. The van der Waals surface area contributed by atoms with E-state index in [1.807, 2.05) is 0 Å². The van der Waals surface area contributed by atoms with Crippen LogP contribution in [0.1, 0.15) is 30.2 Å². The molecule has 1 atom stereocenters. The fraction of sp³-hybridized carbons (Fsp3) is 0.636. The second-order valence-electron chi connectivity index (χ2n) is 4.18. The van der Waals surface area contributed by atoms with Gasteiger partial charge in [0.25, 0.3) is 0 Å². The van der Waals surface area contributed by atoms with E-state index in [1.165, 1.54) is 4.88 Å². The van der Waals surface area contributed by atoms with Gasteiger partial charge in [0.15, 0.2) is 0 Å². The Morgan fingerprint density at radius 1 is 1.56 bits per heavy atom. The molecule has 1 saturated heterocycles. The second kappa shape index (κ2) is 6.12. The summed E-state index contributed by atoms with van der Waals surface area (Å²) < 4.78 is 6.51. The number of halogens is 1. The Morgan fingerprint density at radius 3 is 2.88 bits per heavy atom. The third-order valence-electron chi connectivity index (χ3n) is 3.04. The number of hydrogen-bond acceptors (Lipinski definition) is 4. The average molecular weight is 305 g/mol. The van der Waals surface area contributed by atoms with Crippen LogP contribution in [0.3, 0.4) is 0 Å². The highest BCUT2D eigenvalue weighted by Gasteiger charge is 2.20. The third-order valence-corrected chi connectivity index (χ3v) is 4.85. The average Bonchev–Trinajstić information content (AvgIpc) is 2.74. The summed E-state index contributed by atoms with van der Waals surface area (Å²) in [6.07, 6.45) is 3.42. The standard InChI is InChI=1S/C11H17BrN2OS/c12-9-6-11(16-7-9)10(14-13)5-8-1-3-15-4-2-8/h6-8,10,14H,1-5,13H2. The van der Waals surface area contributed by atoms with Gasteiger partial charge < -0.3 is 4.74 Å². The molecule has 2 heterocycles. The van der Waals surface area contributed by atoms with E-state index < -0.39 is 0 Å². The molecule has 90 valence electrons. The fourth-order valence-electron chi connectivity index (χ4n) is 2.09. The Morgan fingerprint density at radius 2 is 2.31 bits per heavy atom. The number of thiophene rings is 1. The molecule has 2 rings (SSSR count). The largest absolute Gasteiger partial charge is 0.381 e. The van der Waals surface area contributed by atoms with Crippen LogP contribution in [0.4, 0.5) is 0 Å². The summed E-state index contributed by atoms with van der Waals surface area (Å²) in [5, 5.41) is 2.10. The number of nitrogens with two attached hydrogens (primary N) is 1. The lowest BCUT2D eigenvalue weighted by Crippen LogP contribution is -2.30. The molecule has 0 radical (unpaired) electrons. The quantitative estimate of drug-likeness (QED) is 0.664. The Hall–Kier alpha value is 0.0600. The van der Waals surface area contributed by atoms with Gasteiger partial charge in [-0.1, -0.05) is 0 Å². The number of rotatable bonds is 4. The zero-order chi connectivity index (χ0) is 11.4. The minimum absolute atomic E-state index is 0.277. The summed E-state index contributed by atoms with van der Waals surface area (Å²) in [4.78, 5) is 1.31. The molecule has 1 unspecified atom stereocenters. The molecule has 0 bridgehead atoms. The SMILES string of the molecule is NNC(CC1CCOCC1)c1cc(Br)cs1. The molecule has 1 aliphatic heterocycles. The molecule has 1 aliphatic rings. The van der Waals surface area contributed by atoms with Crippen LogP contribution in [0.15, 0.2) is 15.9 Å². The molecule has 1 aromatic rings. The monoisotopic (exact) mass is 304 g/mol. The molecule has 3 nitrogen and oxygen atoms in total.